The molecular formula is C13H17N3O2. The van der Waals surface area contributed by atoms with Crippen LogP contribution in [0.25, 0.3) is 10.9 Å². The first kappa shape index (κ1) is 12.4. The van der Waals surface area contributed by atoms with E-state index in [-0.39, 0.29) is 18.6 Å². The first-order valence-electron chi connectivity index (χ1n) is 5.94. The molecule has 1 aromatic heterocycles. The van der Waals surface area contributed by atoms with Crippen molar-refractivity contribution < 1.29 is 9.90 Å². The molecule has 2 aromatic rings. The second kappa shape index (κ2) is 5.10. The summed E-state index contributed by atoms with van der Waals surface area (Å²) in [5.41, 5.74) is 7.75. The number of aromatic nitrogens is 1. The number of aliphatic hydroxyl groups excluding tert-OH is 1. The summed E-state index contributed by atoms with van der Waals surface area (Å²) in [6.07, 6.45) is 2.34. The van der Waals surface area contributed by atoms with Gasteiger partial charge in [0.25, 0.3) is 5.91 Å². The molecule has 0 aliphatic heterocycles. The van der Waals surface area contributed by atoms with Gasteiger partial charge in [0.2, 0.25) is 0 Å². The van der Waals surface area contributed by atoms with Gasteiger partial charge in [-0.05, 0) is 24.6 Å². The lowest BCUT2D eigenvalue weighted by Crippen LogP contribution is -2.36. The number of rotatable bonds is 4. The summed E-state index contributed by atoms with van der Waals surface area (Å²) in [6, 6.07) is 5.16. The van der Waals surface area contributed by atoms with Crippen LogP contribution in [-0.4, -0.2) is 28.6 Å². The molecule has 1 amide bonds. The Bertz CT molecular complexity index is 558. The van der Waals surface area contributed by atoms with Crippen molar-refractivity contribution in [1.82, 2.24) is 10.3 Å². The number of nitrogens with one attached hydrogen (secondary N) is 2. The molecule has 5 N–H and O–H groups in total. The maximum atomic E-state index is 12.1. The number of carbonyl (C=O) groups is 1. The van der Waals surface area contributed by atoms with Crippen molar-refractivity contribution >= 4 is 22.5 Å². The zero-order valence-electron chi connectivity index (χ0n) is 10.2. The van der Waals surface area contributed by atoms with Gasteiger partial charge in [-0.25, -0.2) is 0 Å². The standard InChI is InChI=1S/C13H17N3O2/c1-2-9(7-17)16-13(18)11-6-15-12-4-3-8(14)5-10(11)12/h3-6,9,15,17H,2,7,14H2,1H3,(H,16,18). The smallest absolute Gasteiger partial charge is 0.253 e. The number of aliphatic hydroxyl groups is 1. The van der Waals surface area contributed by atoms with Crippen molar-refractivity contribution in [3.05, 3.63) is 30.0 Å². The number of carbonyl (C=O) groups excluding carboxylic acids is 1. The second-order valence-electron chi connectivity index (χ2n) is 4.27. The van der Waals surface area contributed by atoms with Crippen LogP contribution >= 0.6 is 0 Å². The van der Waals surface area contributed by atoms with Gasteiger partial charge in [-0.2, -0.15) is 0 Å². The van der Waals surface area contributed by atoms with Crippen molar-refractivity contribution in [2.45, 2.75) is 19.4 Å². The fraction of sp³-hybridized carbons (Fsp3) is 0.308. The molecule has 0 saturated heterocycles. The maximum absolute atomic E-state index is 12.1. The van der Waals surface area contributed by atoms with E-state index in [4.69, 9.17) is 10.8 Å². The number of nitrogens with two attached hydrogens (primary N) is 1. The molecule has 0 fully saturated rings. The van der Waals surface area contributed by atoms with Crippen LogP contribution in [0.4, 0.5) is 5.69 Å². The lowest BCUT2D eigenvalue weighted by atomic mass is 10.1. The van der Waals surface area contributed by atoms with Crippen LogP contribution in [-0.2, 0) is 0 Å². The Labute approximate surface area is 105 Å². The van der Waals surface area contributed by atoms with Gasteiger partial charge in [-0.3, -0.25) is 4.79 Å². The summed E-state index contributed by atoms with van der Waals surface area (Å²) in [6.45, 7) is 1.85. The summed E-state index contributed by atoms with van der Waals surface area (Å²) in [5, 5.41) is 12.7. The monoisotopic (exact) mass is 247 g/mol. The first-order valence-corrected chi connectivity index (χ1v) is 5.94. The molecule has 2 rings (SSSR count). The molecule has 1 heterocycles. The van der Waals surface area contributed by atoms with Gasteiger partial charge in [0.1, 0.15) is 0 Å². The molecule has 5 nitrogen and oxygen atoms in total. The number of hydrogen-bond donors (Lipinski definition) is 4. The number of hydrogen-bond acceptors (Lipinski definition) is 3. The molecule has 0 saturated carbocycles. The average molecular weight is 247 g/mol. The number of H-pyrrole nitrogens is 1. The molecular weight excluding hydrogens is 230 g/mol. The molecule has 1 unspecified atom stereocenters. The minimum atomic E-state index is -0.219. The average Bonchev–Trinajstić information content (AvgIpc) is 2.78. The van der Waals surface area contributed by atoms with Gasteiger partial charge >= 0.3 is 0 Å². The van der Waals surface area contributed by atoms with E-state index >= 15 is 0 Å². The van der Waals surface area contributed by atoms with Gasteiger partial charge in [0.05, 0.1) is 18.2 Å². The van der Waals surface area contributed by atoms with E-state index in [1.165, 1.54) is 0 Å². The van der Waals surface area contributed by atoms with E-state index in [0.29, 0.717) is 17.7 Å². The quantitative estimate of drug-likeness (QED) is 0.613. The fourth-order valence-corrected chi connectivity index (χ4v) is 1.87. The third-order valence-electron chi connectivity index (χ3n) is 3.00. The van der Waals surface area contributed by atoms with E-state index in [2.05, 4.69) is 10.3 Å². The second-order valence-corrected chi connectivity index (χ2v) is 4.27. The molecule has 0 spiro atoms. The number of anilines is 1. The number of fused-ring (bicyclic) bond motifs is 1. The van der Waals surface area contributed by atoms with Gasteiger partial charge in [0, 0.05) is 22.8 Å². The highest BCUT2D eigenvalue weighted by Gasteiger charge is 2.15. The molecule has 1 aromatic carbocycles. The number of amides is 1. The summed E-state index contributed by atoms with van der Waals surface area (Å²) in [5.74, 6) is -0.201. The maximum Gasteiger partial charge on any atom is 0.253 e. The Morgan fingerprint density at radius 3 is 3.00 bits per heavy atom. The number of benzene rings is 1. The van der Waals surface area contributed by atoms with Crippen LogP contribution in [0.1, 0.15) is 23.7 Å². The molecule has 0 aliphatic rings. The Morgan fingerprint density at radius 2 is 2.33 bits per heavy atom. The van der Waals surface area contributed by atoms with E-state index in [1.54, 1.807) is 18.3 Å². The fourth-order valence-electron chi connectivity index (χ4n) is 1.87. The predicted octanol–water partition coefficient (Wildman–Crippen LogP) is 1.25. The Kier molecular flexibility index (Phi) is 3.53. The van der Waals surface area contributed by atoms with E-state index in [9.17, 15) is 4.79 Å². The lowest BCUT2D eigenvalue weighted by molar-refractivity contribution is 0.0916. The lowest BCUT2D eigenvalue weighted by Gasteiger charge is -2.13. The number of nitrogen functional groups attached to an aromatic ring is 1. The van der Waals surface area contributed by atoms with Crippen molar-refractivity contribution in [2.24, 2.45) is 0 Å². The first-order chi connectivity index (χ1) is 8.65. The van der Waals surface area contributed by atoms with Crippen LogP contribution < -0.4 is 11.1 Å². The van der Waals surface area contributed by atoms with Crippen LogP contribution in [0.5, 0.6) is 0 Å². The SMILES string of the molecule is CCC(CO)NC(=O)c1c[nH]c2ccc(N)cc12. The third-order valence-corrected chi connectivity index (χ3v) is 3.00. The van der Waals surface area contributed by atoms with Crippen molar-refractivity contribution in [3.63, 3.8) is 0 Å². The van der Waals surface area contributed by atoms with Crippen molar-refractivity contribution in [2.75, 3.05) is 12.3 Å². The van der Waals surface area contributed by atoms with Gasteiger partial charge in [-0.1, -0.05) is 6.92 Å². The summed E-state index contributed by atoms with van der Waals surface area (Å²) in [7, 11) is 0. The van der Waals surface area contributed by atoms with Gasteiger partial charge in [-0.15, -0.1) is 0 Å². The molecule has 1 atom stereocenters. The van der Waals surface area contributed by atoms with Gasteiger partial charge < -0.3 is 21.1 Å². The molecule has 18 heavy (non-hydrogen) atoms. The minimum Gasteiger partial charge on any atom is -0.399 e. The Morgan fingerprint density at radius 1 is 1.56 bits per heavy atom. The Balaban J connectivity index is 2.30. The van der Waals surface area contributed by atoms with Crippen LogP contribution in [0, 0.1) is 0 Å². The van der Waals surface area contributed by atoms with Crippen molar-refractivity contribution in [1.29, 1.82) is 0 Å². The predicted molar refractivity (Wildman–Crippen MR) is 71.3 cm³/mol. The number of aromatic amines is 1. The molecule has 0 aliphatic carbocycles. The molecule has 5 heteroatoms. The van der Waals surface area contributed by atoms with Crippen LogP contribution in [0.15, 0.2) is 24.4 Å². The minimum absolute atomic E-state index is 0.0628. The van der Waals surface area contributed by atoms with Crippen LogP contribution in [0.2, 0.25) is 0 Å². The van der Waals surface area contributed by atoms with E-state index < -0.39 is 0 Å². The summed E-state index contributed by atoms with van der Waals surface area (Å²) in [4.78, 5) is 15.1. The molecule has 96 valence electrons. The van der Waals surface area contributed by atoms with E-state index in [1.807, 2.05) is 13.0 Å². The molecule has 0 bridgehead atoms. The normalized spacial score (nSPS) is 12.6. The molecule has 0 radical (unpaired) electrons. The highest BCUT2D eigenvalue weighted by molar-refractivity contribution is 6.07. The van der Waals surface area contributed by atoms with E-state index in [0.717, 1.165) is 10.9 Å². The zero-order valence-corrected chi connectivity index (χ0v) is 10.2. The van der Waals surface area contributed by atoms with Crippen LogP contribution in [0.3, 0.4) is 0 Å². The Hall–Kier alpha value is -2.01. The third kappa shape index (κ3) is 2.31. The van der Waals surface area contributed by atoms with Gasteiger partial charge in [0.15, 0.2) is 0 Å². The summed E-state index contributed by atoms with van der Waals surface area (Å²) >= 11 is 0. The highest BCUT2D eigenvalue weighted by Crippen LogP contribution is 2.20. The topological polar surface area (TPSA) is 91.1 Å². The largest absolute Gasteiger partial charge is 0.399 e. The summed E-state index contributed by atoms with van der Waals surface area (Å²) < 4.78 is 0. The van der Waals surface area contributed by atoms with Crippen molar-refractivity contribution in [3.8, 4) is 0 Å². The highest BCUT2D eigenvalue weighted by atomic mass is 16.3. The zero-order chi connectivity index (χ0) is 13.1.